The van der Waals surface area contributed by atoms with Crippen LogP contribution in [0.2, 0.25) is 0 Å². The first-order valence-corrected chi connectivity index (χ1v) is 8.31. The van der Waals surface area contributed by atoms with Crippen molar-refractivity contribution in [2.45, 2.75) is 25.8 Å². The van der Waals surface area contributed by atoms with Crippen LogP contribution in [0.5, 0.6) is 0 Å². The van der Waals surface area contributed by atoms with Gasteiger partial charge < -0.3 is 5.32 Å². The second-order valence-corrected chi connectivity index (χ2v) is 6.74. The summed E-state index contributed by atoms with van der Waals surface area (Å²) in [5.74, 6) is -0.193. The van der Waals surface area contributed by atoms with Gasteiger partial charge in [0.2, 0.25) is 0 Å². The average Bonchev–Trinajstić information content (AvgIpc) is 2.79. The molecule has 1 saturated heterocycles. The third-order valence-electron chi connectivity index (χ3n) is 3.74. The molecule has 1 aliphatic rings. The molecule has 1 fully saturated rings. The summed E-state index contributed by atoms with van der Waals surface area (Å²) in [6.07, 6.45) is 0. The van der Waals surface area contributed by atoms with Gasteiger partial charge in [-0.05, 0) is 43.3 Å². The predicted octanol–water partition coefficient (Wildman–Crippen LogP) is 3.94. The number of hydrogen-bond donors (Lipinski definition) is 1. The van der Waals surface area contributed by atoms with E-state index in [0.29, 0.717) is 6.54 Å². The maximum Gasteiger partial charge on any atom is 0.291 e. The molecule has 0 bridgehead atoms. The Hall–Kier alpha value is -2.27. The van der Waals surface area contributed by atoms with Gasteiger partial charge in [0.25, 0.3) is 11.1 Å². The Bertz CT molecular complexity index is 726. The summed E-state index contributed by atoms with van der Waals surface area (Å²) in [6, 6.07) is 15.6. The number of hydrogen-bond acceptors (Lipinski definition) is 4. The molecule has 0 spiro atoms. The number of imide groups is 1. The van der Waals surface area contributed by atoms with Crippen LogP contribution in [-0.4, -0.2) is 21.4 Å². The third-order valence-corrected chi connectivity index (χ3v) is 4.72. The maximum atomic E-state index is 12.5. The molecule has 0 unspecified atom stereocenters. The van der Waals surface area contributed by atoms with E-state index in [1.54, 1.807) is 0 Å². The van der Waals surface area contributed by atoms with Gasteiger partial charge in [-0.2, -0.15) is 0 Å². The fraction of sp³-hybridized carbons (Fsp3) is 0.222. The Balaban J connectivity index is 1.69. The van der Waals surface area contributed by atoms with E-state index in [0.717, 1.165) is 34.1 Å². The van der Waals surface area contributed by atoms with Gasteiger partial charge in [0.15, 0.2) is 5.37 Å². The molecule has 1 heterocycles. The van der Waals surface area contributed by atoms with Crippen molar-refractivity contribution in [1.29, 1.82) is 0 Å². The standard InChI is InChI=1S/C18H18N2O2S/c1-12-3-7-14(8-4-12)11-20-17(21)16(23-18(20)22)19-15-9-5-13(2)6-10-15/h3-10,16,19H,11H2,1-2H3/t16-/m1/s1. The predicted molar refractivity (Wildman–Crippen MR) is 93.3 cm³/mol. The van der Waals surface area contributed by atoms with E-state index in [1.165, 1.54) is 4.90 Å². The zero-order chi connectivity index (χ0) is 16.4. The van der Waals surface area contributed by atoms with Crippen LogP contribution in [-0.2, 0) is 11.3 Å². The molecule has 3 rings (SSSR count). The van der Waals surface area contributed by atoms with E-state index in [2.05, 4.69) is 5.32 Å². The number of anilines is 1. The van der Waals surface area contributed by atoms with Gasteiger partial charge >= 0.3 is 0 Å². The van der Waals surface area contributed by atoms with Gasteiger partial charge in [0.05, 0.1) is 6.54 Å². The van der Waals surface area contributed by atoms with Gasteiger partial charge in [-0.3, -0.25) is 14.5 Å². The van der Waals surface area contributed by atoms with Crippen molar-refractivity contribution in [3.05, 3.63) is 65.2 Å². The van der Waals surface area contributed by atoms with E-state index in [4.69, 9.17) is 0 Å². The number of carbonyl (C=O) groups is 2. The zero-order valence-electron chi connectivity index (χ0n) is 13.1. The van der Waals surface area contributed by atoms with Gasteiger partial charge in [-0.15, -0.1) is 0 Å². The molecule has 23 heavy (non-hydrogen) atoms. The van der Waals surface area contributed by atoms with E-state index < -0.39 is 5.37 Å². The first kappa shape index (κ1) is 15.6. The Labute approximate surface area is 139 Å². The quantitative estimate of drug-likeness (QED) is 0.924. The summed E-state index contributed by atoms with van der Waals surface area (Å²) < 4.78 is 0. The summed E-state index contributed by atoms with van der Waals surface area (Å²) in [6.45, 7) is 4.33. The number of nitrogens with one attached hydrogen (secondary N) is 1. The van der Waals surface area contributed by atoms with Gasteiger partial charge in [0.1, 0.15) is 0 Å². The Kier molecular flexibility index (Phi) is 4.39. The van der Waals surface area contributed by atoms with Crippen molar-refractivity contribution in [3.63, 3.8) is 0 Å². The summed E-state index contributed by atoms with van der Waals surface area (Å²) in [5.41, 5.74) is 4.10. The molecule has 5 heteroatoms. The van der Waals surface area contributed by atoms with E-state index in [1.807, 2.05) is 62.4 Å². The highest BCUT2D eigenvalue weighted by Gasteiger charge is 2.39. The summed E-state index contributed by atoms with van der Waals surface area (Å²) in [7, 11) is 0. The highest BCUT2D eigenvalue weighted by Crippen LogP contribution is 2.29. The minimum atomic E-state index is -0.560. The number of carbonyl (C=O) groups excluding carboxylic acids is 2. The molecule has 118 valence electrons. The monoisotopic (exact) mass is 326 g/mol. The first-order chi connectivity index (χ1) is 11.0. The third kappa shape index (κ3) is 3.56. The molecule has 0 aliphatic carbocycles. The SMILES string of the molecule is Cc1ccc(CN2C(=O)S[C@@H](Nc3ccc(C)cc3)C2=O)cc1. The molecule has 4 nitrogen and oxygen atoms in total. The number of amides is 2. The molecular formula is C18H18N2O2S. The first-order valence-electron chi connectivity index (χ1n) is 7.44. The molecule has 0 radical (unpaired) electrons. The van der Waals surface area contributed by atoms with Gasteiger partial charge in [0, 0.05) is 5.69 Å². The lowest BCUT2D eigenvalue weighted by Crippen LogP contribution is -2.33. The zero-order valence-corrected chi connectivity index (χ0v) is 13.9. The van der Waals surface area contributed by atoms with E-state index in [-0.39, 0.29) is 11.1 Å². The number of benzene rings is 2. The molecule has 0 aromatic heterocycles. The maximum absolute atomic E-state index is 12.5. The molecule has 2 aromatic rings. The van der Waals surface area contributed by atoms with Crippen molar-refractivity contribution < 1.29 is 9.59 Å². The highest BCUT2D eigenvalue weighted by molar-refractivity contribution is 8.15. The number of nitrogens with zero attached hydrogens (tertiary/aromatic N) is 1. The lowest BCUT2D eigenvalue weighted by atomic mass is 10.1. The topological polar surface area (TPSA) is 49.4 Å². The molecule has 1 atom stereocenters. The second kappa shape index (κ2) is 6.46. The molecule has 1 aliphatic heterocycles. The smallest absolute Gasteiger partial charge is 0.291 e. The summed E-state index contributed by atoms with van der Waals surface area (Å²) >= 11 is 1.03. The molecule has 2 amide bonds. The van der Waals surface area contributed by atoms with E-state index in [9.17, 15) is 9.59 Å². The van der Waals surface area contributed by atoms with Crippen molar-refractivity contribution in [2.24, 2.45) is 0 Å². The molecule has 1 N–H and O–H groups in total. The Morgan fingerprint density at radius 1 is 0.957 bits per heavy atom. The van der Waals surface area contributed by atoms with Crippen molar-refractivity contribution in [2.75, 3.05) is 5.32 Å². The lowest BCUT2D eigenvalue weighted by Gasteiger charge is -2.15. The molecular weight excluding hydrogens is 308 g/mol. The molecule has 0 saturated carbocycles. The Morgan fingerprint density at radius 2 is 1.52 bits per heavy atom. The largest absolute Gasteiger partial charge is 0.365 e. The summed E-state index contributed by atoms with van der Waals surface area (Å²) in [4.78, 5) is 25.9. The fourth-order valence-corrected chi connectivity index (χ4v) is 3.26. The second-order valence-electron chi connectivity index (χ2n) is 5.68. The average molecular weight is 326 g/mol. The Morgan fingerprint density at radius 3 is 2.13 bits per heavy atom. The van der Waals surface area contributed by atoms with Crippen molar-refractivity contribution in [1.82, 2.24) is 4.90 Å². The van der Waals surface area contributed by atoms with Gasteiger partial charge in [-0.1, -0.05) is 47.5 Å². The minimum absolute atomic E-state index is 0.193. The van der Waals surface area contributed by atoms with Crippen LogP contribution in [0.15, 0.2) is 48.5 Å². The van der Waals surface area contributed by atoms with Crippen LogP contribution in [0.1, 0.15) is 16.7 Å². The van der Waals surface area contributed by atoms with Crippen LogP contribution in [0.3, 0.4) is 0 Å². The number of aryl methyl sites for hydroxylation is 2. The van der Waals surface area contributed by atoms with Crippen molar-refractivity contribution >= 4 is 28.6 Å². The lowest BCUT2D eigenvalue weighted by molar-refractivity contribution is -0.126. The number of thioether (sulfide) groups is 1. The number of rotatable bonds is 4. The normalized spacial score (nSPS) is 17.7. The van der Waals surface area contributed by atoms with Crippen molar-refractivity contribution in [3.8, 4) is 0 Å². The van der Waals surface area contributed by atoms with Gasteiger partial charge in [-0.25, -0.2) is 0 Å². The minimum Gasteiger partial charge on any atom is -0.365 e. The van der Waals surface area contributed by atoms with Crippen LogP contribution < -0.4 is 5.32 Å². The molecule has 2 aromatic carbocycles. The fourth-order valence-electron chi connectivity index (χ4n) is 2.36. The highest BCUT2D eigenvalue weighted by atomic mass is 32.2. The van der Waals surface area contributed by atoms with Crippen LogP contribution in [0.4, 0.5) is 10.5 Å². The van der Waals surface area contributed by atoms with E-state index >= 15 is 0 Å². The van der Waals surface area contributed by atoms with Crippen LogP contribution in [0, 0.1) is 13.8 Å². The summed E-state index contributed by atoms with van der Waals surface area (Å²) in [5, 5.41) is 2.36. The van der Waals surface area contributed by atoms with Crippen LogP contribution >= 0.6 is 11.8 Å². The van der Waals surface area contributed by atoms with Crippen LogP contribution in [0.25, 0.3) is 0 Å².